The van der Waals surface area contributed by atoms with E-state index in [1.54, 1.807) is 7.11 Å². The third-order valence-corrected chi connectivity index (χ3v) is 8.28. The van der Waals surface area contributed by atoms with E-state index in [1.165, 1.54) is 11.3 Å². The van der Waals surface area contributed by atoms with Crippen molar-refractivity contribution >= 4 is 39.6 Å². The van der Waals surface area contributed by atoms with Gasteiger partial charge in [0.15, 0.2) is 6.23 Å². The van der Waals surface area contributed by atoms with E-state index in [4.69, 9.17) is 14.6 Å². The van der Waals surface area contributed by atoms with Crippen LogP contribution in [0.1, 0.15) is 43.9 Å². The Labute approximate surface area is 225 Å². The SMILES string of the molecule is COc1cc(-c2ccc3c(c2)c(I)nn3C2CCCCO2)ccc1CN(C)C1CCN(C(=O)O)CC1. The molecule has 1 aromatic heterocycles. The molecule has 2 aliphatic rings. The van der Waals surface area contributed by atoms with Crippen LogP contribution >= 0.6 is 22.6 Å². The summed E-state index contributed by atoms with van der Waals surface area (Å²) >= 11 is 2.32. The molecule has 2 fully saturated rings. The first-order valence-corrected chi connectivity index (χ1v) is 13.7. The van der Waals surface area contributed by atoms with Crippen molar-refractivity contribution < 1.29 is 19.4 Å². The van der Waals surface area contributed by atoms with Gasteiger partial charge in [-0.2, -0.15) is 5.10 Å². The third kappa shape index (κ3) is 5.19. The van der Waals surface area contributed by atoms with Crippen molar-refractivity contribution in [1.29, 1.82) is 0 Å². The molecular weight excluding hydrogens is 571 g/mol. The molecule has 2 aliphatic heterocycles. The summed E-state index contributed by atoms with van der Waals surface area (Å²) in [6.45, 7) is 2.73. The fourth-order valence-electron chi connectivity index (χ4n) is 5.37. The second kappa shape index (κ2) is 10.9. The van der Waals surface area contributed by atoms with E-state index in [0.29, 0.717) is 19.1 Å². The predicted molar refractivity (Wildman–Crippen MR) is 147 cm³/mol. The number of amides is 1. The van der Waals surface area contributed by atoms with Crippen LogP contribution in [0.3, 0.4) is 0 Å². The molecule has 8 nitrogen and oxygen atoms in total. The molecule has 0 bridgehead atoms. The van der Waals surface area contributed by atoms with Crippen LogP contribution in [0, 0.1) is 3.70 Å². The van der Waals surface area contributed by atoms with Gasteiger partial charge in [-0.25, -0.2) is 9.48 Å². The first-order valence-electron chi connectivity index (χ1n) is 12.6. The van der Waals surface area contributed by atoms with Gasteiger partial charge in [0.05, 0.1) is 12.6 Å². The van der Waals surface area contributed by atoms with Crippen molar-refractivity contribution in [3.8, 4) is 16.9 Å². The summed E-state index contributed by atoms with van der Waals surface area (Å²) in [6, 6.07) is 13.3. The minimum atomic E-state index is -0.823. The number of carbonyl (C=O) groups is 1. The standard InChI is InChI=1S/C27H33IN4O4/c1-30(21-10-12-31(13-11-21)27(33)34)17-20-7-6-19(16-24(20)35-2)18-8-9-23-22(15-18)26(28)29-32(23)25-5-3-4-14-36-25/h6-9,15-16,21,25H,3-5,10-14,17H2,1-2H3,(H,33,34). The highest BCUT2D eigenvalue weighted by Crippen LogP contribution is 2.34. The number of piperidine rings is 1. The highest BCUT2D eigenvalue weighted by molar-refractivity contribution is 14.1. The number of hydrogen-bond donors (Lipinski definition) is 1. The van der Waals surface area contributed by atoms with Crippen molar-refractivity contribution in [2.75, 3.05) is 33.9 Å². The first kappa shape index (κ1) is 25.3. The summed E-state index contributed by atoms with van der Waals surface area (Å²) in [5.74, 6) is 0.864. The quantitative estimate of drug-likeness (QED) is 0.370. The second-order valence-corrected chi connectivity index (χ2v) is 10.8. The van der Waals surface area contributed by atoms with Gasteiger partial charge >= 0.3 is 6.09 Å². The normalized spacial score (nSPS) is 19.2. The van der Waals surface area contributed by atoms with Gasteiger partial charge in [-0.05, 0) is 91.1 Å². The van der Waals surface area contributed by atoms with Gasteiger partial charge < -0.3 is 19.5 Å². The number of ether oxygens (including phenoxy) is 2. The Kier molecular flexibility index (Phi) is 7.68. The van der Waals surface area contributed by atoms with Crippen molar-refractivity contribution in [3.63, 3.8) is 0 Å². The van der Waals surface area contributed by atoms with Gasteiger partial charge in [-0.15, -0.1) is 0 Å². The molecule has 0 radical (unpaired) electrons. The summed E-state index contributed by atoms with van der Waals surface area (Å²) in [5, 5.41) is 15.1. The predicted octanol–water partition coefficient (Wildman–Crippen LogP) is 5.59. The van der Waals surface area contributed by atoms with Crippen LogP contribution in [0.4, 0.5) is 4.79 Å². The van der Waals surface area contributed by atoms with E-state index < -0.39 is 6.09 Å². The molecule has 36 heavy (non-hydrogen) atoms. The molecule has 2 saturated heterocycles. The topological polar surface area (TPSA) is 80.1 Å². The molecule has 192 valence electrons. The van der Waals surface area contributed by atoms with Crippen molar-refractivity contribution in [2.45, 2.75) is 50.9 Å². The Morgan fingerprint density at radius 2 is 1.92 bits per heavy atom. The van der Waals surface area contributed by atoms with Crippen molar-refractivity contribution in [3.05, 3.63) is 45.7 Å². The molecule has 0 saturated carbocycles. The lowest BCUT2D eigenvalue weighted by atomic mass is 10.00. The summed E-state index contributed by atoms with van der Waals surface area (Å²) in [4.78, 5) is 15.0. The number of methoxy groups -OCH3 is 1. The molecule has 0 aliphatic carbocycles. The van der Waals surface area contributed by atoms with Gasteiger partial charge in [-0.3, -0.25) is 4.90 Å². The largest absolute Gasteiger partial charge is 0.496 e. The van der Waals surface area contributed by atoms with Crippen LogP contribution in [-0.4, -0.2) is 70.7 Å². The van der Waals surface area contributed by atoms with Gasteiger partial charge in [0.2, 0.25) is 0 Å². The van der Waals surface area contributed by atoms with Gasteiger partial charge in [-0.1, -0.05) is 18.2 Å². The third-order valence-electron chi connectivity index (χ3n) is 7.49. The Bertz CT molecular complexity index is 1230. The summed E-state index contributed by atoms with van der Waals surface area (Å²) < 4.78 is 14.8. The van der Waals surface area contributed by atoms with Gasteiger partial charge in [0.1, 0.15) is 9.45 Å². The highest BCUT2D eigenvalue weighted by atomic mass is 127. The maximum Gasteiger partial charge on any atom is 0.407 e. The molecule has 0 spiro atoms. The van der Waals surface area contributed by atoms with Gasteiger partial charge in [0, 0.05) is 43.2 Å². The van der Waals surface area contributed by atoms with E-state index in [9.17, 15) is 9.90 Å². The minimum absolute atomic E-state index is 0.0170. The highest BCUT2D eigenvalue weighted by Gasteiger charge is 2.25. The molecular formula is C27H33IN4O4. The van der Waals surface area contributed by atoms with Crippen molar-refractivity contribution in [1.82, 2.24) is 19.6 Å². The zero-order valence-corrected chi connectivity index (χ0v) is 23.0. The van der Waals surface area contributed by atoms with E-state index >= 15 is 0 Å². The molecule has 9 heteroatoms. The number of aromatic nitrogens is 2. The van der Waals surface area contributed by atoms with E-state index in [1.807, 2.05) is 4.68 Å². The average Bonchev–Trinajstić information content (AvgIpc) is 3.25. The lowest BCUT2D eigenvalue weighted by Crippen LogP contribution is -2.44. The molecule has 2 aromatic carbocycles. The number of nitrogens with zero attached hydrogens (tertiary/aromatic N) is 4. The fourth-order valence-corrected chi connectivity index (χ4v) is 6.03. The van der Waals surface area contributed by atoms with Crippen LogP contribution in [0.2, 0.25) is 0 Å². The first-order chi connectivity index (χ1) is 17.4. The molecule has 3 heterocycles. The molecule has 1 unspecified atom stereocenters. The van der Waals surface area contributed by atoms with Crippen molar-refractivity contribution in [2.24, 2.45) is 0 Å². The Morgan fingerprint density at radius 1 is 1.17 bits per heavy atom. The molecule has 5 rings (SSSR count). The maximum absolute atomic E-state index is 11.2. The molecule has 3 aromatic rings. The summed E-state index contributed by atoms with van der Waals surface area (Å²) in [5.41, 5.74) is 4.47. The zero-order chi connectivity index (χ0) is 25.2. The lowest BCUT2D eigenvalue weighted by molar-refractivity contribution is -0.0368. The Hall–Kier alpha value is -2.37. The Balaban J connectivity index is 1.34. The number of fused-ring (bicyclic) bond motifs is 1. The second-order valence-electron chi connectivity index (χ2n) is 9.73. The Morgan fingerprint density at radius 3 is 2.61 bits per heavy atom. The zero-order valence-electron chi connectivity index (χ0n) is 20.8. The minimum Gasteiger partial charge on any atom is -0.496 e. The average molecular weight is 604 g/mol. The monoisotopic (exact) mass is 604 g/mol. The number of benzene rings is 2. The van der Waals surface area contributed by atoms with E-state index in [0.717, 1.165) is 75.9 Å². The number of halogens is 1. The summed E-state index contributed by atoms with van der Waals surface area (Å²) in [7, 11) is 3.83. The van der Waals surface area contributed by atoms with E-state index in [2.05, 4.69) is 70.9 Å². The smallest absolute Gasteiger partial charge is 0.407 e. The van der Waals surface area contributed by atoms with E-state index in [-0.39, 0.29) is 6.23 Å². The molecule has 1 N–H and O–H groups in total. The lowest BCUT2D eigenvalue weighted by Gasteiger charge is -2.35. The van der Waals surface area contributed by atoms with Gasteiger partial charge in [0.25, 0.3) is 0 Å². The number of rotatable bonds is 6. The van der Waals surface area contributed by atoms with Crippen LogP contribution in [0.25, 0.3) is 22.0 Å². The number of likely N-dealkylation sites (tertiary alicyclic amines) is 1. The number of hydrogen-bond acceptors (Lipinski definition) is 5. The molecule has 1 amide bonds. The number of carboxylic acid groups (broad SMARTS) is 1. The van der Waals surface area contributed by atoms with Crippen LogP contribution in [0.15, 0.2) is 36.4 Å². The maximum atomic E-state index is 11.2. The fraction of sp³-hybridized carbons (Fsp3) is 0.481. The molecule has 1 atom stereocenters. The van der Waals surface area contributed by atoms with Crippen LogP contribution in [0.5, 0.6) is 5.75 Å². The van der Waals surface area contributed by atoms with Crippen LogP contribution < -0.4 is 4.74 Å². The summed E-state index contributed by atoms with van der Waals surface area (Å²) in [6.07, 6.45) is 4.18. The van der Waals surface area contributed by atoms with Crippen LogP contribution in [-0.2, 0) is 11.3 Å².